The third-order valence-electron chi connectivity index (χ3n) is 9.32. The van der Waals surface area contributed by atoms with E-state index in [4.69, 9.17) is 61.7 Å². The Morgan fingerprint density at radius 2 is 1.69 bits per heavy atom. The Balaban J connectivity index is 1.05. The quantitative estimate of drug-likeness (QED) is 0.0664. The molecule has 22 nitrogen and oxygen atoms in total. The van der Waals surface area contributed by atoms with Gasteiger partial charge in [0.15, 0.2) is 18.1 Å². The predicted octanol–water partition coefficient (Wildman–Crippen LogP) is -1.05. The van der Waals surface area contributed by atoms with E-state index in [0.29, 0.717) is 22.7 Å². The zero-order chi connectivity index (χ0) is 37.8. The number of aryl methyl sites for hydroxylation is 1. The van der Waals surface area contributed by atoms with E-state index in [2.05, 4.69) is 35.6 Å². The van der Waals surface area contributed by atoms with Crippen LogP contribution < -0.4 is 16.4 Å². The number of amides is 1. The van der Waals surface area contributed by atoms with Gasteiger partial charge in [0, 0.05) is 12.7 Å². The van der Waals surface area contributed by atoms with Gasteiger partial charge in [-0.25, -0.2) is 24.9 Å². The van der Waals surface area contributed by atoms with Gasteiger partial charge in [0.1, 0.15) is 73.0 Å². The van der Waals surface area contributed by atoms with Crippen molar-refractivity contribution in [2.24, 2.45) is 5.73 Å². The topological polar surface area (TPSA) is 287 Å². The molecule has 4 aliphatic rings. The van der Waals surface area contributed by atoms with Crippen LogP contribution in [0.4, 0.5) is 5.82 Å². The molecular formula is C28H36N10O12P2S2. The van der Waals surface area contributed by atoms with Gasteiger partial charge in [0.25, 0.3) is 0 Å². The third kappa shape index (κ3) is 7.43. The lowest BCUT2D eigenvalue weighted by atomic mass is 10.1. The monoisotopic (exact) mass is 830 g/mol. The molecule has 26 heteroatoms. The van der Waals surface area contributed by atoms with E-state index in [9.17, 15) is 24.8 Å². The minimum absolute atomic E-state index is 0.0503. The standard InChI is InChI=1S/C28H36N10O12P2S2/c29-4-17(39)36-12-44-6-14-19-26(34-9-31-14)38(11-35-19)28-23-20(40)15(47-28)7-45-51(42,53)49-22-16(8-46-52(43,54)50-23)48-27(21(22)41)37-5-13-2-1-3-30-24-18(13)25(37)33-10-32-24/h5,9-11,15-16,20-23,27-28,40-41H,1-4,6-8,12,29H2,(H,36,39)(H,42,53)(H,43,54)(H,30,32,33)/t15-,16-,20-,21-,22-,23-,27-,28-,51?,52?/m1/s1. The molecule has 8 heterocycles. The van der Waals surface area contributed by atoms with Crippen molar-refractivity contribution in [1.29, 1.82) is 0 Å². The molecule has 3 saturated heterocycles. The molecule has 2 unspecified atom stereocenters. The number of hydrogen-bond donors (Lipinski definition) is 7. The lowest BCUT2D eigenvalue weighted by Gasteiger charge is -2.28. The summed E-state index contributed by atoms with van der Waals surface area (Å²) in [6.45, 7) is -9.00. The summed E-state index contributed by atoms with van der Waals surface area (Å²) >= 11 is 10.8. The Morgan fingerprint density at radius 3 is 2.48 bits per heavy atom. The number of ether oxygens (including phenoxy) is 3. The smallest absolute Gasteiger partial charge is 0.325 e. The lowest BCUT2D eigenvalue weighted by Crippen LogP contribution is -2.36. The summed E-state index contributed by atoms with van der Waals surface area (Å²) in [5.74, 6) is 0.261. The normalized spacial score (nSPS) is 34.4. The zero-order valence-electron chi connectivity index (χ0n) is 28.1. The first-order valence-corrected chi connectivity index (χ1v) is 21.9. The number of nitrogens with zero attached hydrogens (tertiary/aromatic N) is 7. The number of aliphatic hydroxyl groups excluding tert-OH is 2. The molecule has 292 valence electrons. The van der Waals surface area contributed by atoms with Crippen molar-refractivity contribution in [1.82, 2.24) is 39.4 Å². The van der Waals surface area contributed by atoms with E-state index in [1.54, 1.807) is 4.57 Å². The average Bonchev–Trinajstić information content (AvgIpc) is 3.86. The van der Waals surface area contributed by atoms with Gasteiger partial charge in [0.05, 0.1) is 43.8 Å². The molecule has 3 fully saturated rings. The second kappa shape index (κ2) is 15.3. The Labute approximate surface area is 315 Å². The number of carbonyl (C=O) groups excluding carboxylic acids is 1. The minimum Gasteiger partial charge on any atom is -0.387 e. The van der Waals surface area contributed by atoms with Gasteiger partial charge in [-0.05, 0) is 42.0 Å². The molecule has 0 aliphatic carbocycles. The molecule has 0 aromatic carbocycles. The fourth-order valence-electron chi connectivity index (χ4n) is 6.82. The molecule has 2 bridgehead atoms. The van der Waals surface area contributed by atoms with Crippen LogP contribution in [0.2, 0.25) is 0 Å². The highest BCUT2D eigenvalue weighted by Gasteiger charge is 2.52. The molecule has 0 radical (unpaired) electrons. The molecule has 4 aromatic heterocycles. The van der Waals surface area contributed by atoms with Crippen LogP contribution in [0.5, 0.6) is 0 Å². The van der Waals surface area contributed by atoms with Crippen molar-refractivity contribution >= 4 is 71.0 Å². The summed E-state index contributed by atoms with van der Waals surface area (Å²) < 4.78 is 44.2. The predicted molar refractivity (Wildman–Crippen MR) is 191 cm³/mol. The van der Waals surface area contributed by atoms with E-state index in [1.807, 2.05) is 6.20 Å². The van der Waals surface area contributed by atoms with E-state index in [0.717, 1.165) is 30.3 Å². The molecule has 10 atom stereocenters. The van der Waals surface area contributed by atoms with Crippen LogP contribution in [-0.2, 0) is 73.7 Å². The summed E-state index contributed by atoms with van der Waals surface area (Å²) in [5, 5.41) is 29.6. The molecule has 4 aromatic rings. The molecular weight excluding hydrogens is 794 g/mol. The summed E-state index contributed by atoms with van der Waals surface area (Å²) in [6, 6.07) is 0. The van der Waals surface area contributed by atoms with Gasteiger partial charge in [-0.2, -0.15) is 0 Å². The number of nitrogens with one attached hydrogen (secondary N) is 2. The Hall–Kier alpha value is -2.74. The maximum Gasteiger partial charge on any atom is 0.325 e. The van der Waals surface area contributed by atoms with Crippen LogP contribution in [0.15, 0.2) is 25.2 Å². The van der Waals surface area contributed by atoms with Crippen LogP contribution in [0.25, 0.3) is 22.2 Å². The van der Waals surface area contributed by atoms with Crippen molar-refractivity contribution in [2.75, 3.05) is 38.4 Å². The largest absolute Gasteiger partial charge is 0.387 e. The Bertz CT molecular complexity index is 2150. The molecule has 4 aliphatic heterocycles. The first-order chi connectivity index (χ1) is 25.9. The molecule has 0 spiro atoms. The van der Waals surface area contributed by atoms with E-state index in [1.165, 1.54) is 23.5 Å². The number of aliphatic hydroxyl groups is 2. The number of carbonyl (C=O) groups is 1. The third-order valence-corrected chi connectivity index (χ3v) is 12.4. The highest BCUT2D eigenvalue weighted by molar-refractivity contribution is 8.07. The van der Waals surface area contributed by atoms with Gasteiger partial charge in [-0.3, -0.25) is 18.4 Å². The van der Waals surface area contributed by atoms with E-state index < -0.39 is 81.6 Å². The molecule has 0 saturated carbocycles. The Morgan fingerprint density at radius 1 is 0.963 bits per heavy atom. The second-order valence-corrected chi connectivity index (χ2v) is 18.3. The summed E-state index contributed by atoms with van der Waals surface area (Å²) in [5.41, 5.74) is 7.68. The summed E-state index contributed by atoms with van der Waals surface area (Å²) in [4.78, 5) is 55.8. The van der Waals surface area contributed by atoms with E-state index >= 15 is 0 Å². The van der Waals surface area contributed by atoms with Crippen LogP contribution in [0, 0.1) is 0 Å². The number of aromatic nitrogens is 7. The number of imidazole rings is 1. The first kappa shape index (κ1) is 38.1. The number of rotatable bonds is 7. The van der Waals surface area contributed by atoms with Gasteiger partial charge in [-0.1, -0.05) is 0 Å². The van der Waals surface area contributed by atoms with Crippen molar-refractivity contribution < 1.29 is 57.1 Å². The van der Waals surface area contributed by atoms with Crippen molar-refractivity contribution in [3.8, 4) is 0 Å². The fraction of sp³-hybridized carbons (Fsp3) is 0.571. The number of anilines is 1. The van der Waals surface area contributed by atoms with Crippen LogP contribution in [0.1, 0.15) is 30.1 Å². The number of nitrogens with two attached hydrogens (primary N) is 1. The summed E-state index contributed by atoms with van der Waals surface area (Å²) in [6.07, 6.45) is -2.87. The maximum atomic E-state index is 11.6. The number of hydrogen-bond acceptors (Lipinski definition) is 19. The van der Waals surface area contributed by atoms with Crippen molar-refractivity contribution in [3.05, 3.63) is 36.4 Å². The second-order valence-electron chi connectivity index (χ2n) is 12.7. The van der Waals surface area contributed by atoms with Crippen molar-refractivity contribution in [2.45, 2.75) is 68.5 Å². The maximum absolute atomic E-state index is 11.6. The highest BCUT2D eigenvalue weighted by atomic mass is 32.5. The zero-order valence-corrected chi connectivity index (χ0v) is 31.5. The first-order valence-electron chi connectivity index (χ1n) is 16.7. The highest BCUT2D eigenvalue weighted by Crippen LogP contribution is 2.54. The Kier molecular flexibility index (Phi) is 10.8. The van der Waals surface area contributed by atoms with Gasteiger partial charge in [0.2, 0.25) is 5.91 Å². The molecule has 1 amide bonds. The van der Waals surface area contributed by atoms with E-state index in [-0.39, 0.29) is 25.5 Å². The van der Waals surface area contributed by atoms with Gasteiger partial charge >= 0.3 is 13.4 Å². The van der Waals surface area contributed by atoms with Gasteiger partial charge in [-0.15, -0.1) is 0 Å². The molecule has 54 heavy (non-hydrogen) atoms. The lowest BCUT2D eigenvalue weighted by molar-refractivity contribution is -0.121. The molecule has 8 rings (SSSR count). The number of fused-ring (bicyclic) bond motifs is 4. The van der Waals surface area contributed by atoms with Crippen LogP contribution >= 0.6 is 13.4 Å². The van der Waals surface area contributed by atoms with Crippen LogP contribution in [0.3, 0.4) is 0 Å². The fourth-order valence-corrected chi connectivity index (χ4v) is 9.68. The minimum atomic E-state index is -4.22. The summed E-state index contributed by atoms with van der Waals surface area (Å²) in [7, 11) is 0. The molecule has 8 N–H and O–H groups in total. The SMILES string of the molecule is NCC(=O)NCOCc1ncnc2c1ncn2[C@@H]1O[C@@H]2COP(O)(=S)O[C@H]3[C@@H](O)[C@H](n4cc5c6c(ncnc64)NCCC5)O[C@@H]3COP(O)(=S)O[C@@H]1[C@@H]2O. The van der Waals surface area contributed by atoms with Crippen LogP contribution in [-0.4, -0.2) is 130 Å². The average molecular weight is 831 g/mol. The van der Waals surface area contributed by atoms with Crippen molar-refractivity contribution in [3.63, 3.8) is 0 Å². The van der Waals surface area contributed by atoms with Gasteiger partial charge < -0.3 is 64.2 Å².